The van der Waals surface area contributed by atoms with Crippen molar-refractivity contribution in [3.8, 4) is 27.5 Å². The Morgan fingerprint density at radius 3 is 2.73 bits per heavy atom. The molecule has 0 aliphatic heterocycles. The molecule has 0 fully saturated rings. The standard InChI is InChI=1S/C22H18BrN5O3S2/c1-12(29)25-22-26-17-7-6-15-19(13-4-3-9-24-11-13)27-28(20(15)21(17)32-22)18-8-5-14(10-16(18)23)33(2,30)31/h3-5,8-11H,6-7H2,1-2H3,(H,25,26,29). The Hall–Kier alpha value is -2.89. The maximum absolute atomic E-state index is 12.0. The predicted octanol–water partition coefficient (Wildman–Crippen LogP) is 4.28. The number of anilines is 1. The van der Waals surface area contributed by atoms with Gasteiger partial charge in [-0.15, -0.1) is 0 Å². The first-order valence-electron chi connectivity index (χ1n) is 10.0. The highest BCUT2D eigenvalue weighted by atomic mass is 79.9. The van der Waals surface area contributed by atoms with Crippen molar-refractivity contribution in [2.24, 2.45) is 0 Å². The van der Waals surface area contributed by atoms with Gasteiger partial charge in [0.05, 0.1) is 32.5 Å². The van der Waals surface area contributed by atoms with Crippen molar-refractivity contribution in [3.63, 3.8) is 0 Å². The number of benzene rings is 1. The molecule has 0 atom stereocenters. The van der Waals surface area contributed by atoms with Crippen molar-refractivity contribution in [2.75, 3.05) is 11.6 Å². The normalized spacial score (nSPS) is 12.8. The second-order valence-corrected chi connectivity index (χ2v) is 11.6. The molecule has 0 radical (unpaired) electrons. The third-order valence-electron chi connectivity index (χ3n) is 5.30. The van der Waals surface area contributed by atoms with Crippen molar-refractivity contribution in [2.45, 2.75) is 24.7 Å². The van der Waals surface area contributed by atoms with Gasteiger partial charge in [0.1, 0.15) is 0 Å². The van der Waals surface area contributed by atoms with Gasteiger partial charge in [-0.3, -0.25) is 9.78 Å². The fraction of sp³-hybridized carbons (Fsp3) is 0.182. The molecule has 0 bridgehead atoms. The minimum atomic E-state index is -3.35. The Bertz CT molecular complexity index is 1510. The second kappa shape index (κ2) is 8.15. The van der Waals surface area contributed by atoms with Gasteiger partial charge in [-0.2, -0.15) is 5.10 Å². The van der Waals surface area contributed by atoms with Crippen LogP contribution in [0.1, 0.15) is 18.2 Å². The summed E-state index contributed by atoms with van der Waals surface area (Å²) in [6, 6.07) is 8.74. The molecule has 1 N–H and O–H groups in total. The van der Waals surface area contributed by atoms with Gasteiger partial charge in [0.25, 0.3) is 0 Å². The first-order valence-corrected chi connectivity index (χ1v) is 13.5. The quantitative estimate of drug-likeness (QED) is 0.411. The highest BCUT2D eigenvalue weighted by Crippen LogP contribution is 2.44. The molecule has 11 heteroatoms. The van der Waals surface area contributed by atoms with E-state index in [9.17, 15) is 13.2 Å². The maximum Gasteiger partial charge on any atom is 0.223 e. The monoisotopic (exact) mass is 543 g/mol. The number of rotatable bonds is 4. The Morgan fingerprint density at radius 2 is 2.06 bits per heavy atom. The van der Waals surface area contributed by atoms with Gasteiger partial charge in [-0.1, -0.05) is 11.3 Å². The molecule has 3 aromatic heterocycles. The van der Waals surface area contributed by atoms with Crippen LogP contribution in [0.3, 0.4) is 0 Å². The highest BCUT2D eigenvalue weighted by Gasteiger charge is 2.30. The summed E-state index contributed by atoms with van der Waals surface area (Å²) >= 11 is 4.95. The number of nitrogens with one attached hydrogen (secondary N) is 1. The van der Waals surface area contributed by atoms with Gasteiger partial charge in [0, 0.05) is 41.2 Å². The summed E-state index contributed by atoms with van der Waals surface area (Å²) in [6.07, 6.45) is 6.13. The third kappa shape index (κ3) is 4.00. The topological polar surface area (TPSA) is 107 Å². The van der Waals surface area contributed by atoms with Crippen molar-refractivity contribution >= 4 is 48.1 Å². The number of hydrogen-bond acceptors (Lipinski definition) is 7. The van der Waals surface area contributed by atoms with Crippen LogP contribution in [0.5, 0.6) is 0 Å². The predicted molar refractivity (Wildman–Crippen MR) is 130 cm³/mol. The van der Waals surface area contributed by atoms with Gasteiger partial charge in [0.2, 0.25) is 5.91 Å². The number of halogens is 1. The Labute approximate surface area is 202 Å². The van der Waals surface area contributed by atoms with E-state index in [0.29, 0.717) is 15.3 Å². The van der Waals surface area contributed by atoms with E-state index in [1.165, 1.54) is 24.5 Å². The molecule has 4 aromatic rings. The molecule has 0 spiro atoms. The van der Waals surface area contributed by atoms with E-state index in [1.807, 2.05) is 16.8 Å². The molecule has 8 nitrogen and oxygen atoms in total. The molecule has 1 aromatic carbocycles. The Kier molecular flexibility index (Phi) is 5.42. The van der Waals surface area contributed by atoms with E-state index in [4.69, 9.17) is 5.10 Å². The fourth-order valence-corrected chi connectivity index (χ4v) is 6.33. The summed E-state index contributed by atoms with van der Waals surface area (Å²) in [4.78, 5) is 21.6. The first kappa shape index (κ1) is 21.9. The number of nitrogens with zero attached hydrogens (tertiary/aromatic N) is 4. The average molecular weight is 544 g/mol. The lowest BCUT2D eigenvalue weighted by Gasteiger charge is -2.15. The van der Waals surface area contributed by atoms with Gasteiger partial charge in [-0.25, -0.2) is 18.1 Å². The van der Waals surface area contributed by atoms with E-state index in [1.54, 1.807) is 30.6 Å². The van der Waals surface area contributed by atoms with E-state index < -0.39 is 9.84 Å². The number of carbonyl (C=O) groups excluding carboxylic acids is 1. The molecule has 168 valence electrons. The van der Waals surface area contributed by atoms with Crippen LogP contribution in [0.15, 0.2) is 52.1 Å². The number of thiazole rings is 1. The molecular formula is C22H18BrN5O3S2. The van der Waals surface area contributed by atoms with E-state index in [0.717, 1.165) is 45.9 Å². The molecule has 0 unspecified atom stereocenters. The molecule has 1 amide bonds. The van der Waals surface area contributed by atoms with Crippen LogP contribution in [-0.2, 0) is 27.5 Å². The molecule has 0 saturated heterocycles. The summed E-state index contributed by atoms with van der Waals surface area (Å²) in [5.41, 5.74) is 5.27. The number of carbonyl (C=O) groups is 1. The SMILES string of the molecule is CC(=O)Nc1nc2c(s1)-c1c(c(-c3cccnc3)nn1-c1ccc(S(C)(=O)=O)cc1Br)CC2. The van der Waals surface area contributed by atoms with Crippen LogP contribution < -0.4 is 5.32 Å². The lowest BCUT2D eigenvalue weighted by Crippen LogP contribution is -2.07. The Morgan fingerprint density at radius 1 is 1.24 bits per heavy atom. The zero-order valence-corrected chi connectivity index (χ0v) is 20.9. The van der Waals surface area contributed by atoms with Crippen LogP contribution in [0.4, 0.5) is 5.13 Å². The van der Waals surface area contributed by atoms with Gasteiger partial charge < -0.3 is 5.32 Å². The number of amides is 1. The number of aryl methyl sites for hydroxylation is 1. The maximum atomic E-state index is 12.0. The van der Waals surface area contributed by atoms with Gasteiger partial charge in [0.15, 0.2) is 15.0 Å². The lowest BCUT2D eigenvalue weighted by molar-refractivity contribution is -0.114. The van der Waals surface area contributed by atoms with Crippen LogP contribution >= 0.6 is 27.3 Å². The number of fused-ring (bicyclic) bond motifs is 3. The van der Waals surface area contributed by atoms with Crippen molar-refractivity contribution < 1.29 is 13.2 Å². The molecule has 5 rings (SSSR count). The summed E-state index contributed by atoms with van der Waals surface area (Å²) in [6.45, 7) is 1.46. The number of hydrogen-bond donors (Lipinski definition) is 1. The van der Waals surface area contributed by atoms with Crippen molar-refractivity contribution in [1.82, 2.24) is 19.7 Å². The number of pyridine rings is 1. The highest BCUT2D eigenvalue weighted by molar-refractivity contribution is 9.10. The number of sulfone groups is 1. The van der Waals surface area contributed by atoms with Crippen molar-refractivity contribution in [3.05, 3.63) is 58.5 Å². The molecule has 33 heavy (non-hydrogen) atoms. The van der Waals surface area contributed by atoms with Crippen LogP contribution in [-0.4, -0.2) is 40.3 Å². The zero-order valence-electron chi connectivity index (χ0n) is 17.7. The summed E-state index contributed by atoms with van der Waals surface area (Å²) in [5, 5.41) is 8.27. The summed E-state index contributed by atoms with van der Waals surface area (Å²) < 4.78 is 26.5. The minimum absolute atomic E-state index is 0.176. The number of aromatic nitrogens is 4. The first-order chi connectivity index (χ1) is 15.7. The smallest absolute Gasteiger partial charge is 0.223 e. The summed E-state index contributed by atoms with van der Waals surface area (Å²) in [5.74, 6) is -0.176. The van der Waals surface area contributed by atoms with E-state index in [2.05, 4.69) is 31.2 Å². The molecule has 1 aliphatic carbocycles. The van der Waals surface area contributed by atoms with Crippen LogP contribution in [0.25, 0.3) is 27.5 Å². The molecule has 1 aliphatic rings. The Balaban J connectivity index is 1.75. The second-order valence-electron chi connectivity index (χ2n) is 7.69. The van der Waals surface area contributed by atoms with E-state index >= 15 is 0 Å². The average Bonchev–Trinajstić information content (AvgIpc) is 3.34. The van der Waals surface area contributed by atoms with Gasteiger partial charge >= 0.3 is 0 Å². The van der Waals surface area contributed by atoms with Crippen LogP contribution in [0.2, 0.25) is 0 Å². The lowest BCUT2D eigenvalue weighted by atomic mass is 9.95. The zero-order chi connectivity index (χ0) is 23.3. The minimum Gasteiger partial charge on any atom is -0.302 e. The molecule has 0 saturated carbocycles. The third-order valence-corrected chi connectivity index (χ3v) is 8.07. The summed E-state index contributed by atoms with van der Waals surface area (Å²) in [7, 11) is -3.35. The molecule has 3 heterocycles. The van der Waals surface area contributed by atoms with Gasteiger partial charge in [-0.05, 0) is 59.1 Å². The largest absolute Gasteiger partial charge is 0.302 e. The van der Waals surface area contributed by atoms with E-state index in [-0.39, 0.29) is 10.8 Å². The molecular weight excluding hydrogens is 526 g/mol. The van der Waals surface area contributed by atoms with Crippen molar-refractivity contribution in [1.29, 1.82) is 0 Å². The van der Waals surface area contributed by atoms with Crippen LogP contribution in [0, 0.1) is 0 Å². The fourth-order valence-electron chi connectivity index (χ4n) is 3.87.